The van der Waals surface area contributed by atoms with Gasteiger partial charge in [0.1, 0.15) is 0 Å². The molecule has 0 aromatic heterocycles. The molecule has 0 aliphatic carbocycles. The van der Waals surface area contributed by atoms with Gasteiger partial charge in [-0.1, -0.05) is 17.7 Å². The van der Waals surface area contributed by atoms with Crippen LogP contribution in [0.2, 0.25) is 5.02 Å². The van der Waals surface area contributed by atoms with Crippen LogP contribution in [-0.2, 0) is 11.3 Å². The van der Waals surface area contributed by atoms with E-state index < -0.39 is 0 Å². The van der Waals surface area contributed by atoms with Gasteiger partial charge in [-0.3, -0.25) is 0 Å². The molecular formula is C17H27ClN2O. The summed E-state index contributed by atoms with van der Waals surface area (Å²) in [6.07, 6.45) is 0. The van der Waals surface area contributed by atoms with Gasteiger partial charge in [-0.05, 0) is 52.3 Å². The van der Waals surface area contributed by atoms with E-state index in [2.05, 4.69) is 63.0 Å². The Morgan fingerprint density at radius 2 is 2.05 bits per heavy atom. The lowest BCUT2D eigenvalue weighted by molar-refractivity contribution is -0.0276. The Kier molecular flexibility index (Phi) is 4.86. The molecule has 0 atom stereocenters. The highest BCUT2D eigenvalue weighted by molar-refractivity contribution is 6.31. The van der Waals surface area contributed by atoms with E-state index in [1.807, 2.05) is 0 Å². The van der Waals surface area contributed by atoms with E-state index in [1.165, 1.54) is 5.69 Å². The lowest BCUT2D eigenvalue weighted by Crippen LogP contribution is -2.48. The van der Waals surface area contributed by atoms with Crippen molar-refractivity contribution >= 4 is 17.3 Å². The second-order valence-corrected chi connectivity index (χ2v) is 7.82. The van der Waals surface area contributed by atoms with Gasteiger partial charge in [0.05, 0.1) is 12.2 Å². The fourth-order valence-electron chi connectivity index (χ4n) is 2.47. The minimum absolute atomic E-state index is 0.0935. The van der Waals surface area contributed by atoms with Crippen molar-refractivity contribution in [1.82, 2.24) is 5.32 Å². The predicted octanol–water partition coefficient (Wildman–Crippen LogP) is 3.84. The summed E-state index contributed by atoms with van der Waals surface area (Å²) in [5, 5.41) is 4.30. The highest BCUT2D eigenvalue weighted by atomic mass is 35.5. The van der Waals surface area contributed by atoms with Crippen molar-refractivity contribution in [2.75, 3.05) is 24.6 Å². The van der Waals surface area contributed by atoms with Crippen LogP contribution < -0.4 is 10.2 Å². The molecule has 0 bridgehead atoms. The number of nitrogens with one attached hydrogen (secondary N) is 1. The molecule has 118 valence electrons. The molecule has 1 N–H and O–H groups in total. The average molecular weight is 311 g/mol. The molecule has 1 aliphatic rings. The molecule has 1 heterocycles. The summed E-state index contributed by atoms with van der Waals surface area (Å²) in [6, 6.07) is 6.36. The summed E-state index contributed by atoms with van der Waals surface area (Å²) in [5.41, 5.74) is 2.31. The van der Waals surface area contributed by atoms with E-state index >= 15 is 0 Å². The second kappa shape index (κ2) is 6.15. The van der Waals surface area contributed by atoms with Crippen molar-refractivity contribution in [2.24, 2.45) is 0 Å². The fraction of sp³-hybridized carbons (Fsp3) is 0.647. The third-order valence-corrected chi connectivity index (χ3v) is 3.99. The number of ether oxygens (including phenoxy) is 1. The van der Waals surface area contributed by atoms with Gasteiger partial charge < -0.3 is 15.0 Å². The Morgan fingerprint density at radius 3 is 2.62 bits per heavy atom. The Labute approximate surface area is 133 Å². The van der Waals surface area contributed by atoms with Crippen molar-refractivity contribution in [1.29, 1.82) is 0 Å². The van der Waals surface area contributed by atoms with E-state index in [0.717, 1.165) is 36.8 Å². The second-order valence-electron chi connectivity index (χ2n) is 7.41. The van der Waals surface area contributed by atoms with Crippen molar-refractivity contribution < 1.29 is 4.74 Å². The zero-order valence-electron chi connectivity index (χ0n) is 13.8. The first kappa shape index (κ1) is 16.6. The fourth-order valence-corrected chi connectivity index (χ4v) is 2.72. The number of benzene rings is 1. The van der Waals surface area contributed by atoms with Gasteiger partial charge in [-0.2, -0.15) is 0 Å². The molecule has 0 saturated carbocycles. The highest BCUT2D eigenvalue weighted by Crippen LogP contribution is 2.27. The van der Waals surface area contributed by atoms with Gasteiger partial charge in [-0.25, -0.2) is 0 Å². The van der Waals surface area contributed by atoms with Gasteiger partial charge in [0, 0.05) is 35.9 Å². The monoisotopic (exact) mass is 310 g/mol. The van der Waals surface area contributed by atoms with Crippen LogP contribution in [0.4, 0.5) is 5.69 Å². The predicted molar refractivity (Wildman–Crippen MR) is 90.3 cm³/mol. The van der Waals surface area contributed by atoms with Crippen LogP contribution >= 0.6 is 11.6 Å². The molecule has 21 heavy (non-hydrogen) atoms. The third-order valence-electron chi connectivity index (χ3n) is 3.64. The quantitative estimate of drug-likeness (QED) is 0.918. The molecule has 3 nitrogen and oxygen atoms in total. The molecular weight excluding hydrogens is 284 g/mol. The highest BCUT2D eigenvalue weighted by Gasteiger charge is 2.27. The minimum atomic E-state index is -0.100. The van der Waals surface area contributed by atoms with Crippen LogP contribution in [0.1, 0.15) is 40.2 Å². The van der Waals surface area contributed by atoms with Crippen LogP contribution in [0.5, 0.6) is 0 Å². The number of morpholine rings is 1. The molecule has 4 heteroatoms. The molecule has 1 aliphatic heterocycles. The normalized spacial score (nSPS) is 18.9. The topological polar surface area (TPSA) is 24.5 Å². The van der Waals surface area contributed by atoms with Crippen molar-refractivity contribution in [3.63, 3.8) is 0 Å². The molecule has 0 spiro atoms. The number of hydrogen-bond acceptors (Lipinski definition) is 3. The largest absolute Gasteiger partial charge is 0.372 e. The minimum Gasteiger partial charge on any atom is -0.372 e. The molecule has 0 unspecified atom stereocenters. The average Bonchev–Trinajstić information content (AvgIpc) is 2.35. The van der Waals surface area contributed by atoms with Crippen LogP contribution in [0, 0.1) is 0 Å². The molecule has 1 aromatic rings. The summed E-state index contributed by atoms with van der Waals surface area (Å²) in [5.74, 6) is 0. The number of halogens is 1. The summed E-state index contributed by atoms with van der Waals surface area (Å²) in [4.78, 5) is 2.34. The van der Waals surface area contributed by atoms with E-state index in [-0.39, 0.29) is 11.1 Å². The molecule has 2 rings (SSSR count). The van der Waals surface area contributed by atoms with E-state index in [1.54, 1.807) is 0 Å². The van der Waals surface area contributed by atoms with Crippen LogP contribution in [-0.4, -0.2) is 30.8 Å². The van der Waals surface area contributed by atoms with Crippen molar-refractivity contribution in [2.45, 2.75) is 52.3 Å². The smallest absolute Gasteiger partial charge is 0.0801 e. The number of hydrogen-bond donors (Lipinski definition) is 1. The molecule has 1 aromatic carbocycles. The van der Waals surface area contributed by atoms with Gasteiger partial charge in [-0.15, -0.1) is 0 Å². The van der Waals surface area contributed by atoms with Crippen molar-refractivity contribution in [3.05, 3.63) is 28.8 Å². The number of rotatable bonds is 3. The standard InChI is InChI=1S/C17H27ClN2O/c1-16(2,3)19-11-13-6-7-14(10-15(13)18)20-8-9-21-17(4,5)12-20/h6-7,10,19H,8-9,11-12H2,1-5H3. The maximum absolute atomic E-state index is 6.45. The maximum Gasteiger partial charge on any atom is 0.0801 e. The Hall–Kier alpha value is -0.770. The first-order chi connectivity index (χ1) is 9.66. The lowest BCUT2D eigenvalue weighted by Gasteiger charge is -2.39. The molecule has 1 saturated heterocycles. The first-order valence-electron chi connectivity index (χ1n) is 7.59. The Balaban J connectivity index is 2.08. The molecule has 1 fully saturated rings. The maximum atomic E-state index is 6.45. The van der Waals surface area contributed by atoms with E-state index in [4.69, 9.17) is 16.3 Å². The van der Waals surface area contributed by atoms with E-state index in [0.29, 0.717) is 0 Å². The first-order valence-corrected chi connectivity index (χ1v) is 7.96. The van der Waals surface area contributed by atoms with Crippen molar-refractivity contribution in [3.8, 4) is 0 Å². The number of anilines is 1. The molecule has 0 amide bonds. The summed E-state index contributed by atoms with van der Waals surface area (Å²) < 4.78 is 5.76. The Bertz CT molecular complexity index is 494. The van der Waals surface area contributed by atoms with Gasteiger partial charge >= 0.3 is 0 Å². The number of nitrogens with zero attached hydrogens (tertiary/aromatic N) is 1. The van der Waals surface area contributed by atoms with Crippen LogP contribution in [0.25, 0.3) is 0 Å². The van der Waals surface area contributed by atoms with E-state index in [9.17, 15) is 0 Å². The summed E-state index contributed by atoms with van der Waals surface area (Å²) >= 11 is 6.45. The summed E-state index contributed by atoms with van der Waals surface area (Å²) in [7, 11) is 0. The zero-order valence-corrected chi connectivity index (χ0v) is 14.5. The Morgan fingerprint density at radius 1 is 1.33 bits per heavy atom. The third kappa shape index (κ3) is 4.87. The van der Waals surface area contributed by atoms with Crippen LogP contribution in [0.3, 0.4) is 0 Å². The summed E-state index contributed by atoms with van der Waals surface area (Å²) in [6.45, 7) is 14.1. The van der Waals surface area contributed by atoms with Gasteiger partial charge in [0.2, 0.25) is 0 Å². The lowest BCUT2D eigenvalue weighted by atomic mass is 10.1. The van der Waals surface area contributed by atoms with Gasteiger partial charge in [0.15, 0.2) is 0 Å². The SMILES string of the molecule is CC(C)(C)NCc1ccc(N2CCOC(C)(C)C2)cc1Cl. The molecule has 0 radical (unpaired) electrons. The van der Waals surface area contributed by atoms with Crippen LogP contribution in [0.15, 0.2) is 18.2 Å². The zero-order chi connectivity index (χ0) is 15.7. The van der Waals surface area contributed by atoms with Gasteiger partial charge in [0.25, 0.3) is 0 Å².